The Morgan fingerprint density at radius 2 is 2.15 bits per heavy atom. The Kier molecular flexibility index (Phi) is 3.48. The molecule has 0 fully saturated rings. The zero-order valence-electron chi connectivity index (χ0n) is 6.98. The van der Waals surface area contributed by atoms with Crippen molar-refractivity contribution in [2.45, 2.75) is 6.92 Å². The lowest BCUT2D eigenvalue weighted by atomic mass is 10.2. The minimum atomic E-state index is -1.75. The minimum absolute atomic E-state index is 0.173. The van der Waals surface area contributed by atoms with E-state index in [1.54, 1.807) is 6.92 Å². The third-order valence-corrected chi connectivity index (χ3v) is 1.75. The number of rotatable bonds is 3. The van der Waals surface area contributed by atoms with Crippen LogP contribution in [0.2, 0.25) is 5.02 Å². The number of benzene rings is 1. The van der Waals surface area contributed by atoms with Crippen LogP contribution in [0.3, 0.4) is 0 Å². The summed E-state index contributed by atoms with van der Waals surface area (Å²) in [6.45, 7) is 2.26. The van der Waals surface area contributed by atoms with Crippen molar-refractivity contribution in [2.24, 2.45) is 0 Å². The van der Waals surface area contributed by atoms with Crippen molar-refractivity contribution in [1.29, 1.82) is 0 Å². The van der Waals surface area contributed by atoms with E-state index in [9.17, 15) is 8.78 Å². The van der Waals surface area contributed by atoms with E-state index in [0.717, 1.165) is 0 Å². The highest BCUT2D eigenvalue weighted by Gasteiger charge is 2.11. The molecule has 0 N–H and O–H groups in total. The van der Waals surface area contributed by atoms with Crippen LogP contribution < -0.4 is 4.74 Å². The summed E-state index contributed by atoms with van der Waals surface area (Å²) in [7, 11) is 0. The Morgan fingerprint density at radius 1 is 1.46 bits per heavy atom. The predicted molar refractivity (Wildman–Crippen MR) is 47.2 cm³/mol. The Labute approximate surface area is 80.3 Å². The molecule has 1 aromatic carbocycles. The fourth-order valence-corrected chi connectivity index (χ4v) is 1.13. The first-order valence-electron chi connectivity index (χ1n) is 3.75. The van der Waals surface area contributed by atoms with Crippen LogP contribution in [0.1, 0.15) is 12.5 Å². The van der Waals surface area contributed by atoms with E-state index < -0.39 is 6.43 Å². The number of hydrogen-bond acceptors (Lipinski definition) is 1. The number of halogens is 3. The van der Waals surface area contributed by atoms with Crippen LogP contribution in [0.5, 0.6) is 5.75 Å². The second-order valence-corrected chi connectivity index (χ2v) is 2.75. The van der Waals surface area contributed by atoms with E-state index in [1.165, 1.54) is 18.2 Å². The molecular formula is C9H8ClF2O. The Bertz CT molecular complexity index is 289. The highest BCUT2D eigenvalue weighted by atomic mass is 35.5. The highest BCUT2D eigenvalue weighted by Crippen LogP contribution is 2.29. The van der Waals surface area contributed by atoms with Crippen molar-refractivity contribution in [1.82, 2.24) is 0 Å². The van der Waals surface area contributed by atoms with Crippen LogP contribution in [0.25, 0.3) is 0 Å². The first kappa shape index (κ1) is 10.3. The molecule has 0 aliphatic heterocycles. The average molecular weight is 206 g/mol. The van der Waals surface area contributed by atoms with Crippen molar-refractivity contribution in [2.75, 3.05) is 6.61 Å². The van der Waals surface area contributed by atoms with Gasteiger partial charge in [-0.3, -0.25) is 0 Å². The normalized spacial score (nSPS) is 10.5. The molecule has 0 aliphatic carbocycles. The second kappa shape index (κ2) is 4.42. The molecule has 1 aromatic rings. The summed E-state index contributed by atoms with van der Waals surface area (Å²) in [6, 6.07) is 3.88. The smallest absolute Gasteiger partial charge is 0.339 e. The average Bonchev–Trinajstić information content (AvgIpc) is 2.08. The number of hydrogen-bond donors (Lipinski definition) is 0. The van der Waals surface area contributed by atoms with Gasteiger partial charge in [-0.05, 0) is 25.1 Å². The molecule has 71 valence electrons. The van der Waals surface area contributed by atoms with Gasteiger partial charge in [0.25, 0.3) is 0 Å². The summed E-state index contributed by atoms with van der Waals surface area (Å²) in [4.78, 5) is 0. The Hall–Kier alpha value is -0.830. The molecule has 1 nitrogen and oxygen atoms in total. The quantitative estimate of drug-likeness (QED) is 0.734. The maximum absolute atomic E-state index is 12.1. The van der Waals surface area contributed by atoms with Gasteiger partial charge in [-0.2, -0.15) is 8.78 Å². The third kappa shape index (κ3) is 2.56. The van der Waals surface area contributed by atoms with E-state index in [4.69, 9.17) is 16.3 Å². The molecule has 1 radical (unpaired) electrons. The minimum Gasteiger partial charge on any atom is -0.492 e. The predicted octanol–water partition coefficient (Wildman–Crippen LogP) is 3.52. The summed E-state index contributed by atoms with van der Waals surface area (Å²) in [5, 5.41) is 0.201. The first-order valence-corrected chi connectivity index (χ1v) is 4.13. The van der Waals surface area contributed by atoms with Gasteiger partial charge < -0.3 is 4.74 Å². The molecule has 13 heavy (non-hydrogen) atoms. The van der Waals surface area contributed by atoms with Gasteiger partial charge in [0, 0.05) is 5.56 Å². The van der Waals surface area contributed by atoms with Gasteiger partial charge in [0.1, 0.15) is 5.75 Å². The van der Waals surface area contributed by atoms with Crippen molar-refractivity contribution >= 4 is 11.6 Å². The highest BCUT2D eigenvalue weighted by molar-refractivity contribution is 6.32. The Balaban J connectivity index is 2.92. The summed E-state index contributed by atoms with van der Waals surface area (Å²) >= 11 is 5.68. The van der Waals surface area contributed by atoms with Crippen molar-refractivity contribution < 1.29 is 13.5 Å². The zero-order chi connectivity index (χ0) is 9.84. The van der Waals surface area contributed by atoms with Gasteiger partial charge in [0.15, 0.2) is 0 Å². The van der Waals surface area contributed by atoms with Crippen LogP contribution >= 0.6 is 11.6 Å². The van der Waals surface area contributed by atoms with E-state index in [2.05, 4.69) is 0 Å². The Morgan fingerprint density at radius 3 is 2.62 bits per heavy atom. The SMILES string of the molecule is CCOc1ccc([C](F)F)cc1Cl. The summed E-state index contributed by atoms with van der Waals surface area (Å²) in [5.41, 5.74) is -0.173. The lowest BCUT2D eigenvalue weighted by Crippen LogP contribution is -1.93. The molecule has 0 aromatic heterocycles. The maximum Gasteiger partial charge on any atom is 0.339 e. The monoisotopic (exact) mass is 205 g/mol. The van der Waals surface area contributed by atoms with Crippen LogP contribution in [0.4, 0.5) is 8.78 Å². The van der Waals surface area contributed by atoms with Gasteiger partial charge >= 0.3 is 6.43 Å². The van der Waals surface area contributed by atoms with Gasteiger partial charge in [-0.1, -0.05) is 11.6 Å². The van der Waals surface area contributed by atoms with Crippen LogP contribution in [-0.2, 0) is 0 Å². The van der Waals surface area contributed by atoms with Crippen LogP contribution in [0.15, 0.2) is 18.2 Å². The van der Waals surface area contributed by atoms with E-state index in [0.29, 0.717) is 12.4 Å². The molecule has 0 spiro atoms. The lowest BCUT2D eigenvalue weighted by Gasteiger charge is -2.06. The molecule has 0 amide bonds. The van der Waals surface area contributed by atoms with Crippen molar-refractivity contribution in [3.05, 3.63) is 35.2 Å². The van der Waals surface area contributed by atoms with Gasteiger partial charge in [0.05, 0.1) is 11.6 Å². The lowest BCUT2D eigenvalue weighted by molar-refractivity contribution is 0.323. The molecule has 0 heterocycles. The first-order chi connectivity index (χ1) is 6.15. The third-order valence-electron chi connectivity index (χ3n) is 1.45. The fourth-order valence-electron chi connectivity index (χ4n) is 0.891. The summed E-state index contributed by atoms with van der Waals surface area (Å²) in [6.07, 6.45) is -1.75. The molecule has 1 rings (SSSR count). The van der Waals surface area contributed by atoms with Crippen LogP contribution in [-0.4, -0.2) is 6.61 Å². The van der Waals surface area contributed by atoms with Crippen molar-refractivity contribution in [3.63, 3.8) is 0 Å². The van der Waals surface area contributed by atoms with Gasteiger partial charge in [0.2, 0.25) is 0 Å². The number of ether oxygens (including phenoxy) is 1. The standard InChI is InChI=1S/C9H8ClF2O/c1-2-13-8-4-3-6(9(11)12)5-7(8)10/h3-5H,2H2,1H3. The summed E-state index contributed by atoms with van der Waals surface area (Å²) < 4.78 is 29.2. The molecule has 0 saturated carbocycles. The fraction of sp³-hybridized carbons (Fsp3) is 0.222. The van der Waals surface area contributed by atoms with Gasteiger partial charge in [-0.25, -0.2) is 0 Å². The molecule has 0 bridgehead atoms. The van der Waals surface area contributed by atoms with E-state index >= 15 is 0 Å². The maximum atomic E-state index is 12.1. The van der Waals surface area contributed by atoms with Crippen molar-refractivity contribution in [3.8, 4) is 5.75 Å². The topological polar surface area (TPSA) is 9.23 Å². The molecule has 0 saturated heterocycles. The summed E-state index contributed by atoms with van der Waals surface area (Å²) in [5.74, 6) is 0.425. The molecule has 4 heteroatoms. The van der Waals surface area contributed by atoms with Crippen LogP contribution in [0, 0.1) is 6.43 Å². The van der Waals surface area contributed by atoms with E-state index in [1.807, 2.05) is 0 Å². The second-order valence-electron chi connectivity index (χ2n) is 2.34. The molecule has 0 atom stereocenters. The zero-order valence-corrected chi connectivity index (χ0v) is 7.74. The van der Waals surface area contributed by atoms with E-state index in [-0.39, 0.29) is 10.6 Å². The molecule has 0 aliphatic rings. The van der Waals surface area contributed by atoms with Gasteiger partial charge in [-0.15, -0.1) is 0 Å². The molecule has 0 unspecified atom stereocenters. The largest absolute Gasteiger partial charge is 0.492 e. The molecular weight excluding hydrogens is 198 g/mol.